The average molecular weight is 316 g/mol. The van der Waals surface area contributed by atoms with Crippen LogP contribution < -0.4 is 4.74 Å². The molecule has 1 atom stereocenters. The number of ether oxygens (including phenoxy) is 1. The Hall–Kier alpha value is -1.43. The maximum atomic E-state index is 10.5. The number of halogens is 1. The average Bonchev–Trinajstić information content (AvgIpc) is 2.31. The summed E-state index contributed by atoms with van der Waals surface area (Å²) in [5.41, 5.74) is 1.12. The monoisotopic (exact) mass is 315 g/mol. The first-order chi connectivity index (χ1) is 8.54. The molecule has 0 saturated carbocycles. The number of nitroso groups, excluding NO2 is 1. The lowest BCUT2D eigenvalue weighted by Crippen LogP contribution is -2.18. The third-order valence-corrected chi connectivity index (χ3v) is 3.00. The molecule has 0 radical (unpaired) electrons. The SMILES string of the molecule is Cc1ccc(OCCCC(N=O)C(=O)O)c(Br)c1. The van der Waals surface area contributed by atoms with Crippen molar-refractivity contribution in [3.05, 3.63) is 33.1 Å². The number of aryl methyl sites for hydroxylation is 1. The van der Waals surface area contributed by atoms with Crippen LogP contribution in [0.1, 0.15) is 18.4 Å². The van der Waals surface area contributed by atoms with Crippen molar-refractivity contribution < 1.29 is 14.6 Å². The number of carboxylic acid groups (broad SMARTS) is 1. The molecular formula is C12H14BrNO4. The minimum atomic E-state index is -1.19. The highest BCUT2D eigenvalue weighted by atomic mass is 79.9. The molecule has 0 bridgehead atoms. The van der Waals surface area contributed by atoms with Crippen LogP contribution in [0, 0.1) is 11.8 Å². The summed E-state index contributed by atoms with van der Waals surface area (Å²) in [4.78, 5) is 20.8. The second kappa shape index (κ2) is 7.10. The van der Waals surface area contributed by atoms with Gasteiger partial charge in [0.1, 0.15) is 5.75 Å². The molecule has 0 saturated heterocycles. The van der Waals surface area contributed by atoms with Gasteiger partial charge in [-0.3, -0.25) is 0 Å². The molecule has 1 aromatic rings. The maximum Gasteiger partial charge on any atom is 0.332 e. The number of aliphatic carboxylic acids is 1. The zero-order chi connectivity index (χ0) is 13.5. The fraction of sp³-hybridized carbons (Fsp3) is 0.417. The van der Waals surface area contributed by atoms with Gasteiger partial charge in [-0.1, -0.05) is 11.2 Å². The van der Waals surface area contributed by atoms with E-state index >= 15 is 0 Å². The Bertz CT molecular complexity index is 436. The molecular weight excluding hydrogens is 302 g/mol. The van der Waals surface area contributed by atoms with Crippen molar-refractivity contribution in [1.29, 1.82) is 0 Å². The Kier molecular flexibility index (Phi) is 5.77. The van der Waals surface area contributed by atoms with Crippen molar-refractivity contribution in [3.63, 3.8) is 0 Å². The third-order valence-electron chi connectivity index (χ3n) is 2.38. The number of rotatable bonds is 7. The van der Waals surface area contributed by atoms with Gasteiger partial charge in [0.15, 0.2) is 6.04 Å². The quantitative estimate of drug-likeness (QED) is 0.619. The van der Waals surface area contributed by atoms with Gasteiger partial charge in [0.2, 0.25) is 0 Å². The highest BCUT2D eigenvalue weighted by Crippen LogP contribution is 2.25. The van der Waals surface area contributed by atoms with Gasteiger partial charge >= 0.3 is 5.97 Å². The molecule has 5 nitrogen and oxygen atoms in total. The molecule has 0 fully saturated rings. The maximum absolute atomic E-state index is 10.5. The Morgan fingerprint density at radius 3 is 2.83 bits per heavy atom. The molecule has 0 heterocycles. The van der Waals surface area contributed by atoms with Crippen molar-refractivity contribution in [2.24, 2.45) is 5.18 Å². The highest BCUT2D eigenvalue weighted by molar-refractivity contribution is 9.10. The van der Waals surface area contributed by atoms with E-state index in [0.29, 0.717) is 18.8 Å². The topological polar surface area (TPSA) is 76.0 Å². The first-order valence-corrected chi connectivity index (χ1v) is 6.28. The molecule has 0 aliphatic carbocycles. The van der Waals surface area contributed by atoms with Crippen molar-refractivity contribution in [3.8, 4) is 5.75 Å². The van der Waals surface area contributed by atoms with Crippen molar-refractivity contribution in [2.75, 3.05) is 6.61 Å². The Labute approximate surface area is 113 Å². The van der Waals surface area contributed by atoms with E-state index in [4.69, 9.17) is 9.84 Å². The van der Waals surface area contributed by atoms with E-state index in [0.717, 1.165) is 10.0 Å². The Morgan fingerprint density at radius 1 is 1.56 bits per heavy atom. The van der Waals surface area contributed by atoms with Crippen LogP contribution >= 0.6 is 15.9 Å². The highest BCUT2D eigenvalue weighted by Gasteiger charge is 2.17. The van der Waals surface area contributed by atoms with Crippen LogP contribution in [0.25, 0.3) is 0 Å². The summed E-state index contributed by atoms with van der Waals surface area (Å²) in [7, 11) is 0. The lowest BCUT2D eigenvalue weighted by molar-refractivity contribution is -0.138. The summed E-state index contributed by atoms with van der Waals surface area (Å²) in [6.07, 6.45) is 0.644. The standard InChI is InChI=1S/C12H14BrNO4/c1-8-4-5-11(9(13)7-8)18-6-2-3-10(14-17)12(15)16/h4-5,7,10H,2-3,6H2,1H3,(H,15,16). The van der Waals surface area contributed by atoms with Crippen LogP contribution in [0.4, 0.5) is 0 Å². The summed E-state index contributed by atoms with van der Waals surface area (Å²) < 4.78 is 6.34. The number of benzene rings is 1. The van der Waals surface area contributed by atoms with E-state index in [1.807, 2.05) is 25.1 Å². The van der Waals surface area contributed by atoms with Crippen molar-refractivity contribution in [1.82, 2.24) is 0 Å². The van der Waals surface area contributed by atoms with Crippen molar-refractivity contribution >= 4 is 21.9 Å². The summed E-state index contributed by atoms with van der Waals surface area (Å²) in [6, 6.07) is 4.51. The molecule has 0 amide bonds. The molecule has 0 aliphatic rings. The first kappa shape index (κ1) is 14.6. The van der Waals surface area contributed by atoms with Gasteiger partial charge in [-0.25, -0.2) is 4.79 Å². The predicted molar refractivity (Wildman–Crippen MR) is 70.8 cm³/mol. The number of carboxylic acids is 1. The van der Waals surface area contributed by atoms with Crippen LogP contribution in [0.3, 0.4) is 0 Å². The molecule has 1 N–H and O–H groups in total. The smallest absolute Gasteiger partial charge is 0.332 e. The Balaban J connectivity index is 2.38. The van der Waals surface area contributed by atoms with Gasteiger partial charge < -0.3 is 9.84 Å². The van der Waals surface area contributed by atoms with Gasteiger partial charge in [0, 0.05) is 0 Å². The minimum Gasteiger partial charge on any atom is -0.492 e. The lowest BCUT2D eigenvalue weighted by Gasteiger charge is -2.09. The van der Waals surface area contributed by atoms with Crippen LogP contribution in [0.15, 0.2) is 27.8 Å². The van der Waals surface area contributed by atoms with E-state index in [2.05, 4.69) is 21.1 Å². The summed E-state index contributed by atoms with van der Waals surface area (Å²) in [5, 5.41) is 11.2. The van der Waals surface area contributed by atoms with Gasteiger partial charge in [-0.05, 0) is 53.4 Å². The second-order valence-electron chi connectivity index (χ2n) is 3.88. The molecule has 1 unspecified atom stereocenters. The molecule has 0 spiro atoms. The van der Waals surface area contributed by atoms with E-state index in [-0.39, 0.29) is 6.42 Å². The molecule has 6 heteroatoms. The molecule has 0 aromatic heterocycles. The van der Waals surface area contributed by atoms with Gasteiger partial charge in [-0.15, -0.1) is 4.91 Å². The second-order valence-corrected chi connectivity index (χ2v) is 4.74. The fourth-order valence-electron chi connectivity index (χ4n) is 1.40. The fourth-order valence-corrected chi connectivity index (χ4v) is 2.01. The van der Waals surface area contributed by atoms with Gasteiger partial charge in [-0.2, -0.15) is 0 Å². The van der Waals surface area contributed by atoms with Crippen LogP contribution in [-0.2, 0) is 4.79 Å². The van der Waals surface area contributed by atoms with E-state index in [1.54, 1.807) is 0 Å². The van der Waals surface area contributed by atoms with E-state index in [1.165, 1.54) is 0 Å². The summed E-state index contributed by atoms with van der Waals surface area (Å²) >= 11 is 3.38. The van der Waals surface area contributed by atoms with Crippen LogP contribution in [0.2, 0.25) is 0 Å². The zero-order valence-corrected chi connectivity index (χ0v) is 11.5. The third kappa shape index (κ3) is 4.44. The molecule has 1 aromatic carbocycles. The predicted octanol–water partition coefficient (Wildman–Crippen LogP) is 3.14. The minimum absolute atomic E-state index is 0.183. The van der Waals surface area contributed by atoms with E-state index in [9.17, 15) is 9.70 Å². The summed E-state index contributed by atoms with van der Waals surface area (Å²) in [6.45, 7) is 2.32. The number of hydrogen-bond acceptors (Lipinski definition) is 4. The number of hydrogen-bond donors (Lipinski definition) is 1. The largest absolute Gasteiger partial charge is 0.492 e. The van der Waals surface area contributed by atoms with Crippen LogP contribution in [0.5, 0.6) is 5.75 Å². The Morgan fingerprint density at radius 2 is 2.28 bits per heavy atom. The van der Waals surface area contributed by atoms with Crippen molar-refractivity contribution in [2.45, 2.75) is 25.8 Å². The molecule has 1 rings (SSSR count). The molecule has 0 aliphatic heterocycles. The molecule has 98 valence electrons. The van der Waals surface area contributed by atoms with E-state index < -0.39 is 12.0 Å². The normalized spacial score (nSPS) is 11.9. The van der Waals surface area contributed by atoms with Gasteiger partial charge in [0.25, 0.3) is 0 Å². The van der Waals surface area contributed by atoms with Crippen LogP contribution in [-0.4, -0.2) is 23.7 Å². The zero-order valence-electron chi connectivity index (χ0n) is 9.93. The first-order valence-electron chi connectivity index (χ1n) is 5.49. The lowest BCUT2D eigenvalue weighted by atomic mass is 10.2. The molecule has 18 heavy (non-hydrogen) atoms. The number of nitrogens with zero attached hydrogens (tertiary/aromatic N) is 1. The van der Waals surface area contributed by atoms with Gasteiger partial charge in [0.05, 0.1) is 11.1 Å². The summed E-state index contributed by atoms with van der Waals surface area (Å²) in [5.74, 6) is -0.493. The number of carbonyl (C=O) groups is 1.